The Morgan fingerprint density at radius 3 is 2.66 bits per heavy atom. The molecule has 0 radical (unpaired) electrons. The minimum absolute atomic E-state index is 0.629. The van der Waals surface area contributed by atoms with Crippen molar-refractivity contribution in [1.82, 2.24) is 19.3 Å². The van der Waals surface area contributed by atoms with Crippen molar-refractivity contribution in [3.63, 3.8) is 0 Å². The van der Waals surface area contributed by atoms with E-state index in [0.717, 1.165) is 33.4 Å². The number of aromatic nitrogens is 4. The second-order valence-corrected chi connectivity index (χ2v) is 7.63. The summed E-state index contributed by atoms with van der Waals surface area (Å²) in [4.78, 5) is 4.26. The Bertz CT molecular complexity index is 1130. The molecule has 0 atom stereocenters. The summed E-state index contributed by atoms with van der Waals surface area (Å²) in [6.07, 6.45) is 7.62. The number of thioether (sulfide) groups is 1. The largest absolute Gasteiger partial charge is 0.494 e. The molecule has 0 unspecified atom stereocenters. The summed E-state index contributed by atoms with van der Waals surface area (Å²) in [5.74, 6) is 0.848. The molecule has 0 aliphatic heterocycles. The lowest BCUT2D eigenvalue weighted by Crippen LogP contribution is -2.03. The number of ether oxygens (including phenoxy) is 1. The van der Waals surface area contributed by atoms with Gasteiger partial charge in [0.15, 0.2) is 0 Å². The molecule has 0 fully saturated rings. The lowest BCUT2D eigenvalue weighted by molar-refractivity contribution is 0.340. The van der Waals surface area contributed by atoms with Crippen LogP contribution in [0.4, 0.5) is 0 Å². The molecule has 0 bridgehead atoms. The van der Waals surface area contributed by atoms with Crippen LogP contribution in [0, 0.1) is 13.8 Å². The smallest absolute Gasteiger partial charge is 0.143 e. The molecule has 4 aromatic rings. The van der Waals surface area contributed by atoms with Crippen LogP contribution in [0.1, 0.15) is 18.1 Å². The maximum Gasteiger partial charge on any atom is 0.143 e. The number of nitrogens with zero attached hydrogens (tertiary/aromatic N) is 4. The summed E-state index contributed by atoms with van der Waals surface area (Å²) in [5.41, 5.74) is 6.56. The van der Waals surface area contributed by atoms with Gasteiger partial charge in [0, 0.05) is 18.0 Å². The lowest BCUT2D eigenvalue weighted by Gasteiger charge is -2.14. The maximum absolute atomic E-state index is 5.76. The van der Waals surface area contributed by atoms with Crippen LogP contribution in [0.3, 0.4) is 0 Å². The summed E-state index contributed by atoms with van der Waals surface area (Å²) in [7, 11) is 0. The van der Waals surface area contributed by atoms with E-state index in [0.29, 0.717) is 6.61 Å². The zero-order valence-electron chi connectivity index (χ0n) is 17.1. The second-order valence-electron chi connectivity index (χ2n) is 6.84. The second kappa shape index (κ2) is 8.17. The van der Waals surface area contributed by atoms with Gasteiger partial charge in [-0.25, -0.2) is 9.67 Å². The molecule has 2 aromatic carbocycles. The normalized spacial score (nSPS) is 11.0. The SMILES string of the molecule is CCOc1cccc(-c2c(-n3ccnc3)c(SC)nn2-c2ccc(C)cc2C)c1. The molecule has 4 rings (SSSR count). The standard InChI is InChI=1S/C23H24N4OS/c1-5-28-19-8-6-7-18(14-19)21-22(26-12-11-24-15-26)23(29-4)25-27(21)20-10-9-16(2)13-17(20)3/h6-15H,5H2,1-4H3. The summed E-state index contributed by atoms with van der Waals surface area (Å²) in [6, 6.07) is 14.6. The van der Waals surface area contributed by atoms with E-state index in [1.54, 1.807) is 18.0 Å². The number of imidazole rings is 1. The highest BCUT2D eigenvalue weighted by molar-refractivity contribution is 7.98. The number of benzene rings is 2. The van der Waals surface area contributed by atoms with Crippen molar-refractivity contribution >= 4 is 11.8 Å². The Labute approximate surface area is 175 Å². The van der Waals surface area contributed by atoms with Crippen molar-refractivity contribution in [3.05, 3.63) is 72.3 Å². The zero-order valence-corrected chi connectivity index (χ0v) is 17.9. The van der Waals surface area contributed by atoms with Crippen molar-refractivity contribution in [2.45, 2.75) is 25.8 Å². The Balaban J connectivity index is 2.03. The third-order valence-corrected chi connectivity index (χ3v) is 5.45. The molecule has 0 saturated heterocycles. The van der Waals surface area contributed by atoms with E-state index in [1.165, 1.54) is 11.1 Å². The van der Waals surface area contributed by atoms with Crippen LogP contribution in [0.5, 0.6) is 5.75 Å². The molecule has 0 N–H and O–H groups in total. The molecule has 29 heavy (non-hydrogen) atoms. The van der Waals surface area contributed by atoms with Gasteiger partial charge in [0.05, 0.1) is 24.3 Å². The fourth-order valence-electron chi connectivity index (χ4n) is 3.53. The summed E-state index contributed by atoms with van der Waals surface area (Å²) in [5, 5.41) is 5.93. The first kappa shape index (κ1) is 19.3. The first-order chi connectivity index (χ1) is 14.1. The predicted molar refractivity (Wildman–Crippen MR) is 119 cm³/mol. The third kappa shape index (κ3) is 3.68. The molecule has 0 amide bonds. The zero-order chi connectivity index (χ0) is 20.4. The lowest BCUT2D eigenvalue weighted by atomic mass is 10.1. The molecule has 5 nitrogen and oxygen atoms in total. The van der Waals surface area contributed by atoms with Crippen LogP contribution >= 0.6 is 11.8 Å². The summed E-state index contributed by atoms with van der Waals surface area (Å²) >= 11 is 1.63. The van der Waals surface area contributed by atoms with E-state index < -0.39 is 0 Å². The van der Waals surface area contributed by atoms with Crippen LogP contribution in [-0.2, 0) is 0 Å². The van der Waals surface area contributed by atoms with Crippen molar-refractivity contribution in [2.75, 3.05) is 12.9 Å². The molecule has 2 aromatic heterocycles. The number of aryl methyl sites for hydroxylation is 2. The van der Waals surface area contributed by atoms with Gasteiger partial charge in [-0.2, -0.15) is 5.10 Å². The molecule has 6 heteroatoms. The monoisotopic (exact) mass is 404 g/mol. The quantitative estimate of drug-likeness (QED) is 0.400. The van der Waals surface area contributed by atoms with Crippen molar-refractivity contribution < 1.29 is 4.74 Å². The number of hydrogen-bond donors (Lipinski definition) is 0. The van der Waals surface area contributed by atoms with Crippen molar-refractivity contribution in [2.24, 2.45) is 0 Å². The summed E-state index contributed by atoms with van der Waals surface area (Å²) < 4.78 is 9.83. The molecular formula is C23H24N4OS. The van der Waals surface area contributed by atoms with Crippen LogP contribution in [0.15, 0.2) is 66.2 Å². The average Bonchev–Trinajstić information content (AvgIpc) is 3.36. The van der Waals surface area contributed by atoms with Crippen LogP contribution in [0.25, 0.3) is 22.6 Å². The van der Waals surface area contributed by atoms with Gasteiger partial charge >= 0.3 is 0 Å². The number of hydrogen-bond acceptors (Lipinski definition) is 4. The van der Waals surface area contributed by atoms with Gasteiger partial charge < -0.3 is 9.30 Å². The molecule has 0 aliphatic rings. The Morgan fingerprint density at radius 2 is 1.97 bits per heavy atom. The van der Waals surface area contributed by atoms with Gasteiger partial charge in [-0.1, -0.05) is 29.8 Å². The van der Waals surface area contributed by atoms with Gasteiger partial charge in [-0.3, -0.25) is 0 Å². The predicted octanol–water partition coefficient (Wildman–Crippen LogP) is 5.46. The third-order valence-electron chi connectivity index (χ3n) is 4.78. The fraction of sp³-hybridized carbons (Fsp3) is 0.217. The van der Waals surface area contributed by atoms with E-state index >= 15 is 0 Å². The molecule has 0 aliphatic carbocycles. The number of rotatable bonds is 6. The highest BCUT2D eigenvalue weighted by Crippen LogP contribution is 2.37. The highest BCUT2D eigenvalue weighted by atomic mass is 32.2. The van der Waals surface area contributed by atoms with Crippen LogP contribution < -0.4 is 4.74 Å². The van der Waals surface area contributed by atoms with Gasteiger partial charge in [-0.15, -0.1) is 11.8 Å². The maximum atomic E-state index is 5.76. The van der Waals surface area contributed by atoms with E-state index in [1.807, 2.05) is 40.8 Å². The first-order valence-corrected chi connectivity index (χ1v) is 10.8. The van der Waals surface area contributed by atoms with E-state index in [9.17, 15) is 0 Å². The Kier molecular flexibility index (Phi) is 5.45. The molecule has 0 saturated carbocycles. The molecule has 148 valence electrons. The Hall–Kier alpha value is -2.99. The van der Waals surface area contributed by atoms with Gasteiger partial charge in [0.25, 0.3) is 0 Å². The van der Waals surface area contributed by atoms with Gasteiger partial charge in [0.2, 0.25) is 0 Å². The minimum Gasteiger partial charge on any atom is -0.494 e. The average molecular weight is 405 g/mol. The van der Waals surface area contributed by atoms with Crippen LogP contribution in [0.2, 0.25) is 0 Å². The van der Waals surface area contributed by atoms with E-state index in [-0.39, 0.29) is 0 Å². The van der Waals surface area contributed by atoms with E-state index in [4.69, 9.17) is 9.84 Å². The highest BCUT2D eigenvalue weighted by Gasteiger charge is 2.22. The van der Waals surface area contributed by atoms with Crippen LogP contribution in [-0.4, -0.2) is 32.2 Å². The molecule has 2 heterocycles. The van der Waals surface area contributed by atoms with Crippen molar-refractivity contribution in [1.29, 1.82) is 0 Å². The topological polar surface area (TPSA) is 44.9 Å². The molecular weight excluding hydrogens is 380 g/mol. The minimum atomic E-state index is 0.629. The Morgan fingerprint density at radius 1 is 1.10 bits per heavy atom. The summed E-state index contributed by atoms with van der Waals surface area (Å²) in [6.45, 7) is 6.86. The van der Waals surface area contributed by atoms with E-state index in [2.05, 4.69) is 55.4 Å². The van der Waals surface area contributed by atoms with Gasteiger partial charge in [0.1, 0.15) is 16.5 Å². The van der Waals surface area contributed by atoms with Gasteiger partial charge in [-0.05, 0) is 50.8 Å². The molecule has 0 spiro atoms. The van der Waals surface area contributed by atoms with Crippen molar-refractivity contribution in [3.8, 4) is 28.4 Å². The first-order valence-electron chi connectivity index (χ1n) is 9.58. The fourth-order valence-corrected chi connectivity index (χ4v) is 4.09.